The lowest BCUT2D eigenvalue weighted by atomic mass is 10.0. The first-order valence-corrected chi connectivity index (χ1v) is 10.3. The molecular formula is C25H22Cl3NO. The van der Waals surface area contributed by atoms with Gasteiger partial charge in [0.15, 0.2) is 0 Å². The highest BCUT2D eigenvalue weighted by Gasteiger charge is 2.10. The summed E-state index contributed by atoms with van der Waals surface area (Å²) in [7, 11) is 0. The molecule has 0 aliphatic rings. The number of benzene rings is 4. The molecule has 0 unspecified atom stereocenters. The van der Waals surface area contributed by atoms with Crippen LogP contribution in [0.2, 0.25) is 10.0 Å². The van der Waals surface area contributed by atoms with Gasteiger partial charge in [0.2, 0.25) is 0 Å². The van der Waals surface area contributed by atoms with Gasteiger partial charge in [0.25, 0.3) is 0 Å². The van der Waals surface area contributed by atoms with Crippen molar-refractivity contribution in [1.82, 2.24) is 5.32 Å². The van der Waals surface area contributed by atoms with E-state index in [1.54, 1.807) is 6.07 Å². The van der Waals surface area contributed by atoms with Crippen molar-refractivity contribution in [2.24, 2.45) is 0 Å². The Morgan fingerprint density at radius 3 is 2.33 bits per heavy atom. The average molecular weight is 459 g/mol. The Labute approximate surface area is 193 Å². The maximum absolute atomic E-state index is 6.31. The van der Waals surface area contributed by atoms with Crippen molar-refractivity contribution in [3.63, 3.8) is 0 Å². The number of nitrogens with one attached hydrogen (secondary N) is 1. The van der Waals surface area contributed by atoms with Crippen molar-refractivity contribution >= 4 is 46.4 Å². The zero-order chi connectivity index (χ0) is 20.1. The maximum Gasteiger partial charge on any atom is 0.124 e. The molecule has 0 atom stereocenters. The van der Waals surface area contributed by atoms with Gasteiger partial charge in [-0.25, -0.2) is 0 Å². The molecular weight excluding hydrogens is 437 g/mol. The number of hydrogen-bond donors (Lipinski definition) is 1. The Kier molecular flexibility index (Phi) is 8.01. The van der Waals surface area contributed by atoms with Crippen LogP contribution in [0.5, 0.6) is 5.75 Å². The van der Waals surface area contributed by atoms with Crippen LogP contribution < -0.4 is 10.1 Å². The zero-order valence-corrected chi connectivity index (χ0v) is 18.6. The first kappa shape index (κ1) is 22.5. The Hall–Kier alpha value is -2.23. The lowest BCUT2D eigenvalue weighted by Gasteiger charge is -2.16. The molecule has 30 heavy (non-hydrogen) atoms. The molecule has 0 heterocycles. The number of fused-ring (bicyclic) bond motifs is 1. The maximum atomic E-state index is 6.31. The molecule has 0 saturated carbocycles. The number of rotatable bonds is 7. The monoisotopic (exact) mass is 457 g/mol. The van der Waals surface area contributed by atoms with Gasteiger partial charge >= 0.3 is 0 Å². The molecule has 0 saturated heterocycles. The average Bonchev–Trinajstić information content (AvgIpc) is 2.74. The highest BCUT2D eigenvalue weighted by Crippen LogP contribution is 2.30. The summed E-state index contributed by atoms with van der Waals surface area (Å²) in [5.41, 5.74) is 3.31. The van der Waals surface area contributed by atoms with E-state index in [-0.39, 0.29) is 12.4 Å². The van der Waals surface area contributed by atoms with Crippen molar-refractivity contribution in [2.75, 3.05) is 0 Å². The van der Waals surface area contributed by atoms with Crippen molar-refractivity contribution in [3.8, 4) is 5.75 Å². The summed E-state index contributed by atoms with van der Waals surface area (Å²) in [6, 6.07) is 28.3. The van der Waals surface area contributed by atoms with E-state index in [2.05, 4.69) is 59.9 Å². The summed E-state index contributed by atoms with van der Waals surface area (Å²) in [5, 5.41) is 7.16. The van der Waals surface area contributed by atoms with Crippen molar-refractivity contribution < 1.29 is 4.74 Å². The fourth-order valence-corrected chi connectivity index (χ4v) is 3.82. The highest BCUT2D eigenvalue weighted by atomic mass is 35.5. The molecule has 0 amide bonds. The van der Waals surface area contributed by atoms with Crippen molar-refractivity contribution in [3.05, 3.63) is 112 Å². The predicted molar refractivity (Wildman–Crippen MR) is 129 cm³/mol. The third kappa shape index (κ3) is 5.47. The summed E-state index contributed by atoms with van der Waals surface area (Å²) in [6.07, 6.45) is 0. The first-order chi connectivity index (χ1) is 14.2. The molecule has 0 aliphatic heterocycles. The molecule has 0 radical (unpaired) electrons. The number of ether oxygens (including phenoxy) is 1. The van der Waals surface area contributed by atoms with Crippen LogP contribution in [0, 0.1) is 0 Å². The molecule has 0 fully saturated rings. The lowest BCUT2D eigenvalue weighted by Crippen LogP contribution is -2.14. The fraction of sp³-hybridized carbons (Fsp3) is 0.120. The van der Waals surface area contributed by atoms with Gasteiger partial charge in [-0.05, 0) is 34.5 Å². The van der Waals surface area contributed by atoms with Crippen LogP contribution in [0.4, 0.5) is 0 Å². The van der Waals surface area contributed by atoms with Crippen LogP contribution in [-0.2, 0) is 19.7 Å². The fourth-order valence-electron chi connectivity index (χ4n) is 3.36. The SMILES string of the molecule is Cl.Clc1ccc(COc2ccc3ccccc3c2CNCc2ccccc2)c(Cl)c1. The summed E-state index contributed by atoms with van der Waals surface area (Å²) >= 11 is 12.3. The van der Waals surface area contributed by atoms with Crippen LogP contribution in [-0.4, -0.2) is 0 Å². The second-order valence-electron chi connectivity index (χ2n) is 6.88. The van der Waals surface area contributed by atoms with E-state index in [0.29, 0.717) is 23.2 Å². The van der Waals surface area contributed by atoms with Gasteiger partial charge in [-0.15, -0.1) is 12.4 Å². The molecule has 154 valence electrons. The largest absolute Gasteiger partial charge is 0.488 e. The smallest absolute Gasteiger partial charge is 0.124 e. The Bertz CT molecular complexity index is 1120. The Morgan fingerprint density at radius 2 is 1.53 bits per heavy atom. The summed E-state index contributed by atoms with van der Waals surface area (Å²) < 4.78 is 6.19. The first-order valence-electron chi connectivity index (χ1n) is 9.53. The van der Waals surface area contributed by atoms with Crippen LogP contribution in [0.15, 0.2) is 84.9 Å². The van der Waals surface area contributed by atoms with E-state index in [9.17, 15) is 0 Å². The summed E-state index contributed by atoms with van der Waals surface area (Å²) in [6.45, 7) is 1.90. The Morgan fingerprint density at radius 1 is 0.767 bits per heavy atom. The third-order valence-electron chi connectivity index (χ3n) is 4.87. The molecule has 0 aromatic heterocycles. The molecule has 4 rings (SSSR count). The van der Waals surface area contributed by atoms with Crippen LogP contribution in [0.25, 0.3) is 10.8 Å². The Balaban J connectivity index is 0.00000256. The van der Waals surface area contributed by atoms with E-state index in [4.69, 9.17) is 27.9 Å². The molecule has 1 N–H and O–H groups in total. The van der Waals surface area contributed by atoms with Gasteiger partial charge < -0.3 is 10.1 Å². The van der Waals surface area contributed by atoms with E-state index >= 15 is 0 Å². The van der Waals surface area contributed by atoms with Crippen LogP contribution in [0.3, 0.4) is 0 Å². The summed E-state index contributed by atoms with van der Waals surface area (Å²) in [4.78, 5) is 0. The van der Waals surface area contributed by atoms with Crippen LogP contribution in [0.1, 0.15) is 16.7 Å². The minimum atomic E-state index is 0. The van der Waals surface area contributed by atoms with E-state index in [1.807, 2.05) is 24.3 Å². The molecule has 4 aromatic carbocycles. The zero-order valence-electron chi connectivity index (χ0n) is 16.3. The highest BCUT2D eigenvalue weighted by molar-refractivity contribution is 6.35. The van der Waals surface area contributed by atoms with Gasteiger partial charge in [0.1, 0.15) is 12.4 Å². The molecule has 2 nitrogen and oxygen atoms in total. The molecule has 4 aromatic rings. The van der Waals surface area contributed by atoms with E-state index in [1.165, 1.54) is 16.3 Å². The van der Waals surface area contributed by atoms with Gasteiger partial charge in [-0.2, -0.15) is 0 Å². The standard InChI is InChI=1S/C25H21Cl2NO.ClH/c26-21-12-10-20(24(27)14-21)17-29-25-13-11-19-8-4-5-9-22(19)23(25)16-28-15-18-6-2-1-3-7-18;/h1-14,28H,15-17H2;1H. The minimum absolute atomic E-state index is 0. The van der Waals surface area contributed by atoms with E-state index in [0.717, 1.165) is 23.4 Å². The molecule has 0 aliphatic carbocycles. The van der Waals surface area contributed by atoms with Crippen LogP contribution >= 0.6 is 35.6 Å². The minimum Gasteiger partial charge on any atom is -0.488 e. The molecule has 5 heteroatoms. The quantitative estimate of drug-likeness (QED) is 0.311. The van der Waals surface area contributed by atoms with Gasteiger partial charge in [0.05, 0.1) is 0 Å². The molecule has 0 spiro atoms. The van der Waals surface area contributed by atoms with Gasteiger partial charge in [0, 0.05) is 34.3 Å². The third-order valence-corrected chi connectivity index (χ3v) is 5.46. The second-order valence-corrected chi connectivity index (χ2v) is 7.72. The normalized spacial score (nSPS) is 10.6. The summed E-state index contributed by atoms with van der Waals surface area (Å²) in [5.74, 6) is 0.857. The number of hydrogen-bond acceptors (Lipinski definition) is 2. The van der Waals surface area contributed by atoms with Gasteiger partial charge in [-0.1, -0.05) is 89.9 Å². The number of halogens is 3. The topological polar surface area (TPSA) is 21.3 Å². The predicted octanol–water partition coefficient (Wildman–Crippen LogP) is 7.44. The van der Waals surface area contributed by atoms with Crippen molar-refractivity contribution in [1.29, 1.82) is 0 Å². The lowest BCUT2D eigenvalue weighted by molar-refractivity contribution is 0.303. The van der Waals surface area contributed by atoms with E-state index < -0.39 is 0 Å². The van der Waals surface area contributed by atoms with Crippen molar-refractivity contribution in [2.45, 2.75) is 19.7 Å². The molecule has 0 bridgehead atoms. The second kappa shape index (κ2) is 10.7. The van der Waals surface area contributed by atoms with Gasteiger partial charge in [-0.3, -0.25) is 0 Å².